The summed E-state index contributed by atoms with van der Waals surface area (Å²) in [6.45, 7) is 5.82. The number of carbonyl (C=O) groups excluding carboxylic acids is 1. The van der Waals surface area contributed by atoms with E-state index in [1.165, 1.54) is 10.4 Å². The van der Waals surface area contributed by atoms with E-state index in [1.54, 1.807) is 23.1 Å². The Morgan fingerprint density at radius 1 is 1.28 bits per heavy atom. The van der Waals surface area contributed by atoms with Crippen molar-refractivity contribution in [1.29, 1.82) is 0 Å². The predicted molar refractivity (Wildman–Crippen MR) is 126 cm³/mol. The number of hydrogen-bond donors (Lipinski definition) is 1. The molecule has 10 heteroatoms. The number of aryl methyl sites for hydroxylation is 3. The second-order valence-electron chi connectivity index (χ2n) is 8.44. The van der Waals surface area contributed by atoms with Crippen molar-refractivity contribution >= 4 is 39.2 Å². The predicted octanol–water partition coefficient (Wildman–Crippen LogP) is 2.74. The first-order valence-corrected chi connectivity index (χ1v) is 13.1. The Morgan fingerprint density at radius 3 is 2.91 bits per heavy atom. The molecule has 3 aromatic heterocycles. The Morgan fingerprint density at radius 2 is 2.12 bits per heavy atom. The molecule has 1 N–H and O–H groups in total. The number of aromatic amines is 1. The molecule has 5 rings (SSSR count). The maximum Gasteiger partial charge on any atom is 0.259 e. The number of hydrogen-bond acceptors (Lipinski definition) is 8. The summed E-state index contributed by atoms with van der Waals surface area (Å²) in [7, 11) is 0. The molecule has 0 spiro atoms. The van der Waals surface area contributed by atoms with Gasteiger partial charge in [-0.2, -0.15) is 11.8 Å². The molecule has 0 atom stereocenters. The van der Waals surface area contributed by atoms with Gasteiger partial charge in [0.25, 0.3) is 5.56 Å². The van der Waals surface area contributed by atoms with Crippen LogP contribution in [0, 0.1) is 6.92 Å². The van der Waals surface area contributed by atoms with E-state index < -0.39 is 0 Å². The highest BCUT2D eigenvalue weighted by molar-refractivity contribution is 7.98. The zero-order valence-corrected chi connectivity index (χ0v) is 19.8. The summed E-state index contributed by atoms with van der Waals surface area (Å²) in [6.07, 6.45) is 3.70. The molecule has 0 bridgehead atoms. The van der Waals surface area contributed by atoms with Gasteiger partial charge in [0.05, 0.1) is 23.4 Å². The topological polar surface area (TPSA) is 95.3 Å². The minimum Gasteiger partial charge on any atom is -0.360 e. The molecule has 32 heavy (non-hydrogen) atoms. The third kappa shape index (κ3) is 4.62. The molecule has 0 aromatic carbocycles. The fourth-order valence-electron chi connectivity index (χ4n) is 4.47. The first kappa shape index (κ1) is 21.7. The fraction of sp³-hybridized carbons (Fsp3) is 0.545. The van der Waals surface area contributed by atoms with Crippen molar-refractivity contribution in [2.24, 2.45) is 0 Å². The molecule has 3 aromatic rings. The van der Waals surface area contributed by atoms with Gasteiger partial charge in [-0.1, -0.05) is 5.16 Å². The lowest BCUT2D eigenvalue weighted by Crippen LogP contribution is -2.48. The van der Waals surface area contributed by atoms with Gasteiger partial charge in [-0.05, 0) is 31.7 Å². The van der Waals surface area contributed by atoms with Crippen LogP contribution in [0.5, 0.6) is 0 Å². The van der Waals surface area contributed by atoms with Gasteiger partial charge >= 0.3 is 0 Å². The van der Waals surface area contributed by atoms with Crippen molar-refractivity contribution in [1.82, 2.24) is 24.9 Å². The normalized spacial score (nSPS) is 16.7. The van der Waals surface area contributed by atoms with E-state index in [0.29, 0.717) is 18.0 Å². The molecule has 1 fully saturated rings. The van der Waals surface area contributed by atoms with Gasteiger partial charge in [0.2, 0.25) is 5.91 Å². The maximum atomic E-state index is 12.6. The van der Waals surface area contributed by atoms with Crippen LogP contribution < -0.4 is 5.56 Å². The van der Waals surface area contributed by atoms with Crippen molar-refractivity contribution in [3.8, 4) is 0 Å². The average Bonchev–Trinajstić information content (AvgIpc) is 3.47. The van der Waals surface area contributed by atoms with Gasteiger partial charge in [0.15, 0.2) is 5.76 Å². The van der Waals surface area contributed by atoms with E-state index in [1.807, 2.05) is 17.9 Å². The molecular weight excluding hydrogens is 446 g/mol. The maximum absolute atomic E-state index is 12.6. The first-order valence-electron chi connectivity index (χ1n) is 11.1. The number of aromatic nitrogens is 3. The summed E-state index contributed by atoms with van der Waals surface area (Å²) in [5.41, 5.74) is 2.09. The van der Waals surface area contributed by atoms with Crippen LogP contribution in [-0.4, -0.2) is 62.8 Å². The summed E-state index contributed by atoms with van der Waals surface area (Å²) in [6, 6.07) is 1.96. The van der Waals surface area contributed by atoms with E-state index in [2.05, 4.69) is 20.0 Å². The number of rotatable bonds is 7. The summed E-state index contributed by atoms with van der Waals surface area (Å²) in [5, 5.41) is 4.72. The van der Waals surface area contributed by atoms with Crippen LogP contribution in [0.3, 0.4) is 0 Å². The minimum absolute atomic E-state index is 0.0144. The third-order valence-electron chi connectivity index (χ3n) is 6.10. The molecule has 1 saturated heterocycles. The number of piperazine rings is 1. The molecule has 2 aliphatic rings. The largest absolute Gasteiger partial charge is 0.360 e. The number of H-pyrrole nitrogens is 1. The summed E-state index contributed by atoms with van der Waals surface area (Å²) in [4.78, 5) is 39.2. The molecule has 1 aliphatic heterocycles. The van der Waals surface area contributed by atoms with Crippen molar-refractivity contribution in [2.45, 2.75) is 44.9 Å². The highest BCUT2D eigenvalue weighted by Crippen LogP contribution is 2.34. The number of carbonyl (C=O) groups is 1. The second kappa shape index (κ2) is 9.36. The van der Waals surface area contributed by atoms with Crippen LogP contribution in [0.25, 0.3) is 10.2 Å². The molecule has 1 aliphatic carbocycles. The smallest absolute Gasteiger partial charge is 0.259 e. The Hall–Kier alpha value is -2.17. The van der Waals surface area contributed by atoms with Crippen molar-refractivity contribution in [3.63, 3.8) is 0 Å². The molecule has 170 valence electrons. The number of nitrogens with one attached hydrogen (secondary N) is 1. The Kier molecular flexibility index (Phi) is 6.34. The SMILES string of the molecule is Cc1cc(CN2CCN(C(=O)CCSCc3nc4sc5c(c4c(=O)[nH]3)CCC5)CC2)on1. The molecule has 1 amide bonds. The lowest BCUT2D eigenvalue weighted by molar-refractivity contribution is -0.132. The lowest BCUT2D eigenvalue weighted by atomic mass is 10.2. The van der Waals surface area contributed by atoms with Gasteiger partial charge in [0, 0.05) is 49.3 Å². The van der Waals surface area contributed by atoms with Gasteiger partial charge < -0.3 is 14.4 Å². The standard InChI is InChI=1S/C22H27N5O3S2/c1-14-11-15(30-25-14)12-26-6-8-27(9-7-26)19(28)5-10-31-13-18-23-21(29)20-16-3-2-4-17(16)32-22(20)24-18/h11H,2-10,12-13H2,1H3,(H,23,24,29). The highest BCUT2D eigenvalue weighted by Gasteiger charge is 2.23. The summed E-state index contributed by atoms with van der Waals surface area (Å²) < 4.78 is 5.29. The van der Waals surface area contributed by atoms with Crippen LogP contribution in [-0.2, 0) is 29.9 Å². The number of fused-ring (bicyclic) bond motifs is 3. The monoisotopic (exact) mass is 473 g/mol. The number of thiophene rings is 1. The van der Waals surface area contributed by atoms with E-state index in [4.69, 9.17) is 4.52 Å². The van der Waals surface area contributed by atoms with Gasteiger partial charge in [-0.15, -0.1) is 11.3 Å². The number of amides is 1. The Labute approximate surface area is 194 Å². The summed E-state index contributed by atoms with van der Waals surface area (Å²) >= 11 is 3.31. The molecule has 0 radical (unpaired) electrons. The van der Waals surface area contributed by atoms with E-state index in [9.17, 15) is 9.59 Å². The zero-order chi connectivity index (χ0) is 22.1. The summed E-state index contributed by atoms with van der Waals surface area (Å²) in [5.74, 6) is 3.11. The third-order valence-corrected chi connectivity index (χ3v) is 8.26. The molecule has 0 saturated carbocycles. The average molecular weight is 474 g/mol. The van der Waals surface area contributed by atoms with Crippen LogP contribution in [0.2, 0.25) is 0 Å². The van der Waals surface area contributed by atoms with Crippen molar-refractivity contribution < 1.29 is 9.32 Å². The van der Waals surface area contributed by atoms with Gasteiger partial charge in [0.1, 0.15) is 10.7 Å². The van der Waals surface area contributed by atoms with Crippen molar-refractivity contribution in [2.75, 3.05) is 31.9 Å². The fourth-order valence-corrected chi connectivity index (χ4v) is 6.54. The van der Waals surface area contributed by atoms with Crippen molar-refractivity contribution in [3.05, 3.63) is 44.1 Å². The quantitative estimate of drug-likeness (QED) is 0.527. The molecule has 0 unspecified atom stereocenters. The first-order chi connectivity index (χ1) is 15.6. The second-order valence-corrected chi connectivity index (χ2v) is 10.6. The van der Waals surface area contributed by atoms with Crippen LogP contribution in [0.4, 0.5) is 0 Å². The van der Waals surface area contributed by atoms with E-state index in [-0.39, 0.29) is 11.5 Å². The van der Waals surface area contributed by atoms with Crippen LogP contribution in [0.15, 0.2) is 15.4 Å². The van der Waals surface area contributed by atoms with Gasteiger partial charge in [-0.25, -0.2) is 4.98 Å². The van der Waals surface area contributed by atoms with Crippen LogP contribution in [0.1, 0.15) is 40.6 Å². The van der Waals surface area contributed by atoms with Gasteiger partial charge in [-0.3, -0.25) is 14.5 Å². The Balaban J connectivity index is 1.06. The molecule has 8 nitrogen and oxygen atoms in total. The van der Waals surface area contributed by atoms with E-state index >= 15 is 0 Å². The zero-order valence-electron chi connectivity index (χ0n) is 18.2. The lowest BCUT2D eigenvalue weighted by Gasteiger charge is -2.34. The Bertz CT molecular complexity index is 1180. The van der Waals surface area contributed by atoms with Crippen LogP contribution >= 0.6 is 23.1 Å². The highest BCUT2D eigenvalue weighted by atomic mass is 32.2. The number of nitrogens with zero attached hydrogens (tertiary/aromatic N) is 4. The minimum atomic E-state index is -0.0144. The molecular formula is C22H27N5O3S2. The number of thioether (sulfide) groups is 1. The van der Waals surface area contributed by atoms with E-state index in [0.717, 1.165) is 79.4 Å². The molecule has 4 heterocycles.